The fourth-order valence-electron chi connectivity index (χ4n) is 4.95. The van der Waals surface area contributed by atoms with Crippen molar-refractivity contribution in [3.8, 4) is 0 Å². The summed E-state index contributed by atoms with van der Waals surface area (Å²) in [5.74, 6) is 0.337. The van der Waals surface area contributed by atoms with Gasteiger partial charge in [-0.15, -0.1) is 0 Å². The quantitative estimate of drug-likeness (QED) is 0.624. The molecule has 5 rings (SSSR count). The second-order valence-electron chi connectivity index (χ2n) is 9.11. The van der Waals surface area contributed by atoms with Gasteiger partial charge in [-0.1, -0.05) is 18.5 Å². The SMILES string of the molecule is CC1CCC(NC(=O)[C@]2(C)Cn3c(cc4occc43)C(=O)N2c2ccc(Cl)cc2)CC1. The molecule has 1 aliphatic carbocycles. The van der Waals surface area contributed by atoms with Crippen LogP contribution in [0.4, 0.5) is 5.69 Å². The lowest BCUT2D eigenvalue weighted by Gasteiger charge is -2.44. The first-order chi connectivity index (χ1) is 14.9. The summed E-state index contributed by atoms with van der Waals surface area (Å²) in [6.45, 7) is 4.44. The lowest BCUT2D eigenvalue weighted by atomic mass is 9.86. The number of aromatic nitrogens is 1. The second-order valence-corrected chi connectivity index (χ2v) is 9.54. The zero-order valence-corrected chi connectivity index (χ0v) is 18.5. The maximum Gasteiger partial charge on any atom is 0.276 e. The summed E-state index contributed by atoms with van der Waals surface area (Å²) >= 11 is 6.08. The molecule has 162 valence electrons. The van der Waals surface area contributed by atoms with Crippen LogP contribution < -0.4 is 10.2 Å². The van der Waals surface area contributed by atoms with Gasteiger partial charge < -0.3 is 14.3 Å². The predicted octanol–water partition coefficient (Wildman–Crippen LogP) is 5.00. The highest BCUT2D eigenvalue weighted by atomic mass is 35.5. The largest absolute Gasteiger partial charge is 0.463 e. The zero-order valence-electron chi connectivity index (χ0n) is 17.7. The van der Waals surface area contributed by atoms with E-state index in [1.54, 1.807) is 41.5 Å². The Bertz CT molecular complexity index is 1140. The van der Waals surface area contributed by atoms with Crippen molar-refractivity contribution in [2.45, 2.75) is 57.7 Å². The highest BCUT2D eigenvalue weighted by Gasteiger charge is 2.49. The van der Waals surface area contributed by atoms with Crippen molar-refractivity contribution in [3.63, 3.8) is 0 Å². The molecule has 1 aromatic carbocycles. The fraction of sp³-hybridized carbons (Fsp3) is 0.417. The average molecular weight is 440 g/mol. The smallest absolute Gasteiger partial charge is 0.276 e. The van der Waals surface area contributed by atoms with Gasteiger partial charge in [-0.3, -0.25) is 14.5 Å². The maximum absolute atomic E-state index is 13.7. The molecule has 6 nitrogen and oxygen atoms in total. The Labute approximate surface area is 186 Å². The van der Waals surface area contributed by atoms with Gasteiger partial charge in [0.15, 0.2) is 5.58 Å². The second kappa shape index (κ2) is 7.45. The van der Waals surface area contributed by atoms with Gasteiger partial charge in [-0.05, 0) is 62.8 Å². The van der Waals surface area contributed by atoms with E-state index in [0.717, 1.165) is 31.2 Å². The molecule has 3 aromatic rings. The van der Waals surface area contributed by atoms with Gasteiger partial charge >= 0.3 is 0 Å². The fourth-order valence-corrected chi connectivity index (χ4v) is 5.08. The number of halogens is 1. The molecule has 7 heteroatoms. The van der Waals surface area contributed by atoms with Crippen molar-refractivity contribution in [3.05, 3.63) is 53.4 Å². The number of benzene rings is 1. The Morgan fingerprint density at radius 1 is 1.16 bits per heavy atom. The van der Waals surface area contributed by atoms with Crippen LogP contribution in [0.5, 0.6) is 0 Å². The Kier molecular flexibility index (Phi) is 4.85. The van der Waals surface area contributed by atoms with E-state index in [4.69, 9.17) is 16.0 Å². The van der Waals surface area contributed by atoms with Crippen LogP contribution in [0, 0.1) is 5.92 Å². The van der Waals surface area contributed by atoms with Crippen molar-refractivity contribution in [2.75, 3.05) is 4.90 Å². The number of nitrogens with zero attached hydrogens (tertiary/aromatic N) is 2. The number of nitrogens with one attached hydrogen (secondary N) is 1. The summed E-state index contributed by atoms with van der Waals surface area (Å²) in [5, 5.41) is 3.83. The van der Waals surface area contributed by atoms with Gasteiger partial charge in [0.05, 0.1) is 18.3 Å². The summed E-state index contributed by atoms with van der Waals surface area (Å²) in [7, 11) is 0. The molecule has 1 aliphatic heterocycles. The first kappa shape index (κ1) is 20.2. The molecular formula is C24H26ClN3O3. The minimum Gasteiger partial charge on any atom is -0.463 e. The van der Waals surface area contributed by atoms with Crippen LogP contribution in [-0.4, -0.2) is 28.0 Å². The molecule has 0 bridgehead atoms. The molecule has 0 spiro atoms. The molecule has 2 aliphatic rings. The van der Waals surface area contributed by atoms with Crippen LogP contribution in [0.2, 0.25) is 5.02 Å². The van der Waals surface area contributed by atoms with E-state index < -0.39 is 5.54 Å². The number of fused-ring (bicyclic) bond motifs is 3. The molecule has 0 unspecified atom stereocenters. The van der Waals surface area contributed by atoms with Crippen molar-refractivity contribution >= 4 is 40.2 Å². The third kappa shape index (κ3) is 3.33. The van der Waals surface area contributed by atoms with E-state index in [1.165, 1.54) is 0 Å². The Morgan fingerprint density at radius 2 is 1.87 bits per heavy atom. The third-order valence-electron chi connectivity index (χ3n) is 6.83. The summed E-state index contributed by atoms with van der Waals surface area (Å²) in [6, 6.07) is 10.8. The van der Waals surface area contributed by atoms with Gasteiger partial charge in [0.1, 0.15) is 11.2 Å². The lowest BCUT2D eigenvalue weighted by Crippen LogP contribution is -2.65. The van der Waals surface area contributed by atoms with E-state index in [0.29, 0.717) is 34.4 Å². The normalized spacial score (nSPS) is 26.2. The molecule has 1 saturated carbocycles. The number of carbonyl (C=O) groups excluding carboxylic acids is 2. The summed E-state index contributed by atoms with van der Waals surface area (Å²) in [6.07, 6.45) is 5.77. The standard InChI is InChI=1S/C24H26ClN3O3/c1-15-3-7-17(8-4-15)26-23(30)24(2)14-27-19-11-12-31-21(19)13-20(27)22(29)28(24)18-9-5-16(25)6-10-18/h5-6,9-13,15,17H,3-4,7-8,14H2,1-2H3,(H,26,30)/t15?,17?,24-/m0/s1. The Balaban J connectivity index is 1.56. The van der Waals surface area contributed by atoms with Gasteiger partial charge in [-0.25, -0.2) is 0 Å². The predicted molar refractivity (Wildman–Crippen MR) is 120 cm³/mol. The van der Waals surface area contributed by atoms with Gasteiger partial charge in [-0.2, -0.15) is 0 Å². The summed E-state index contributed by atoms with van der Waals surface area (Å²) < 4.78 is 7.43. The van der Waals surface area contributed by atoms with Crippen LogP contribution in [0.3, 0.4) is 0 Å². The van der Waals surface area contributed by atoms with Crippen LogP contribution >= 0.6 is 11.6 Å². The Hall–Kier alpha value is -2.73. The first-order valence-corrected chi connectivity index (χ1v) is 11.2. The topological polar surface area (TPSA) is 67.5 Å². The molecule has 1 N–H and O–H groups in total. The van der Waals surface area contributed by atoms with Crippen molar-refractivity contribution in [2.24, 2.45) is 5.92 Å². The highest BCUT2D eigenvalue weighted by Crippen LogP contribution is 2.37. The number of hydrogen-bond acceptors (Lipinski definition) is 3. The van der Waals surface area contributed by atoms with E-state index in [2.05, 4.69) is 12.2 Å². The Morgan fingerprint density at radius 3 is 2.58 bits per heavy atom. The molecule has 0 radical (unpaired) electrons. The van der Waals surface area contributed by atoms with Gasteiger partial charge in [0, 0.05) is 28.9 Å². The summed E-state index contributed by atoms with van der Waals surface area (Å²) in [4.78, 5) is 29.0. The van der Waals surface area contributed by atoms with Crippen LogP contribution in [0.15, 0.2) is 47.1 Å². The average Bonchev–Trinajstić information content (AvgIpc) is 3.33. The number of carbonyl (C=O) groups is 2. The minimum atomic E-state index is -1.09. The zero-order chi connectivity index (χ0) is 21.8. The first-order valence-electron chi connectivity index (χ1n) is 10.8. The highest BCUT2D eigenvalue weighted by molar-refractivity contribution is 6.30. The number of hydrogen-bond donors (Lipinski definition) is 1. The number of rotatable bonds is 3. The molecule has 1 fully saturated rings. The number of anilines is 1. The van der Waals surface area contributed by atoms with Crippen LogP contribution in [0.1, 0.15) is 50.0 Å². The maximum atomic E-state index is 13.7. The van der Waals surface area contributed by atoms with E-state index in [1.807, 2.05) is 17.6 Å². The minimum absolute atomic E-state index is 0.133. The molecular weight excluding hydrogens is 414 g/mol. The van der Waals surface area contributed by atoms with Crippen molar-refractivity contribution in [1.29, 1.82) is 0 Å². The molecule has 0 saturated heterocycles. The van der Waals surface area contributed by atoms with Gasteiger partial charge in [0.2, 0.25) is 5.91 Å². The number of amides is 2. The van der Waals surface area contributed by atoms with E-state index >= 15 is 0 Å². The third-order valence-corrected chi connectivity index (χ3v) is 7.08. The van der Waals surface area contributed by atoms with Crippen molar-refractivity contribution in [1.82, 2.24) is 9.88 Å². The van der Waals surface area contributed by atoms with Crippen LogP contribution in [0.25, 0.3) is 11.1 Å². The van der Waals surface area contributed by atoms with Gasteiger partial charge in [0.25, 0.3) is 5.91 Å². The monoisotopic (exact) mass is 439 g/mol. The molecule has 3 heterocycles. The summed E-state index contributed by atoms with van der Waals surface area (Å²) in [5.41, 5.74) is 1.54. The molecule has 2 aromatic heterocycles. The molecule has 1 atom stereocenters. The molecule has 31 heavy (non-hydrogen) atoms. The van der Waals surface area contributed by atoms with Crippen LogP contribution in [-0.2, 0) is 11.3 Å². The van der Waals surface area contributed by atoms with E-state index in [-0.39, 0.29) is 17.9 Å². The van der Waals surface area contributed by atoms with Crippen molar-refractivity contribution < 1.29 is 14.0 Å². The number of furan rings is 1. The van der Waals surface area contributed by atoms with E-state index in [9.17, 15) is 9.59 Å². The molecule has 2 amide bonds. The lowest BCUT2D eigenvalue weighted by molar-refractivity contribution is -0.127.